The molecule has 2 N–H and O–H groups in total. The van der Waals surface area contributed by atoms with E-state index >= 15 is 0 Å². The van der Waals surface area contributed by atoms with Gasteiger partial charge in [-0.05, 0) is 19.4 Å². The Balaban J connectivity index is 1.62. The van der Waals surface area contributed by atoms with E-state index in [4.69, 9.17) is 0 Å². The molecule has 7 nitrogen and oxygen atoms in total. The maximum Gasteiger partial charge on any atom is 0.410 e. The van der Waals surface area contributed by atoms with Crippen LogP contribution in [0.1, 0.15) is 51.4 Å². The number of nitrogens with zero attached hydrogens (tertiary/aromatic N) is 4. The van der Waals surface area contributed by atoms with Crippen LogP contribution in [0, 0.1) is 13.8 Å². The highest BCUT2D eigenvalue weighted by Gasteiger charge is 2.47. The molecule has 4 rings (SSSR count). The molecule has 0 unspecified atom stereocenters. The van der Waals surface area contributed by atoms with E-state index in [0.717, 1.165) is 27.2 Å². The predicted octanol–water partition coefficient (Wildman–Crippen LogP) is 3.82. The molecule has 0 saturated carbocycles. The fourth-order valence-corrected chi connectivity index (χ4v) is 3.97. The van der Waals surface area contributed by atoms with Crippen molar-refractivity contribution in [2.75, 3.05) is 5.32 Å². The van der Waals surface area contributed by atoms with Crippen LogP contribution in [0.2, 0.25) is 0 Å². The number of fused-ring (bicyclic) bond motifs is 1. The van der Waals surface area contributed by atoms with Crippen molar-refractivity contribution in [2.24, 2.45) is 7.05 Å². The lowest BCUT2D eigenvalue weighted by molar-refractivity contribution is -0.173. The molecule has 10 heteroatoms. The number of alkyl halides is 3. The summed E-state index contributed by atoms with van der Waals surface area (Å²) in [5.74, 6) is -0.425. The van der Waals surface area contributed by atoms with Crippen LogP contribution >= 0.6 is 0 Å². The van der Waals surface area contributed by atoms with E-state index in [0.29, 0.717) is 0 Å². The van der Waals surface area contributed by atoms with E-state index in [2.05, 4.69) is 20.8 Å². The first-order valence-corrected chi connectivity index (χ1v) is 9.89. The highest BCUT2D eigenvalue weighted by molar-refractivity contribution is 5.98. The van der Waals surface area contributed by atoms with Gasteiger partial charge in [-0.15, -0.1) is 0 Å². The van der Waals surface area contributed by atoms with Crippen LogP contribution in [-0.4, -0.2) is 31.6 Å². The summed E-state index contributed by atoms with van der Waals surface area (Å²) < 4.78 is 43.9. The third-order valence-corrected chi connectivity index (χ3v) is 5.77. The Bertz CT molecular complexity index is 1100. The first-order valence-electron chi connectivity index (χ1n) is 9.89. The lowest BCUT2D eigenvalue weighted by Crippen LogP contribution is -2.36. The van der Waals surface area contributed by atoms with Gasteiger partial charge in [-0.25, -0.2) is 4.68 Å². The molecule has 0 saturated heterocycles. The minimum absolute atomic E-state index is 0.0690. The van der Waals surface area contributed by atoms with E-state index in [9.17, 15) is 18.0 Å². The minimum atomic E-state index is -4.49. The smallest absolute Gasteiger partial charge is 0.363 e. The van der Waals surface area contributed by atoms with Gasteiger partial charge in [0.25, 0.3) is 5.91 Å². The zero-order valence-corrected chi connectivity index (χ0v) is 17.4. The third kappa shape index (κ3) is 3.89. The quantitative estimate of drug-likeness (QED) is 0.657. The molecule has 2 atom stereocenters. The van der Waals surface area contributed by atoms with Crippen molar-refractivity contribution in [2.45, 2.75) is 45.1 Å². The molecule has 3 heterocycles. The number of nitrogens with one attached hydrogen (secondary N) is 2. The number of carbonyl (C=O) groups is 1. The van der Waals surface area contributed by atoms with Crippen LogP contribution in [0.4, 0.5) is 19.0 Å². The highest BCUT2D eigenvalue weighted by Crippen LogP contribution is 2.44. The largest absolute Gasteiger partial charge is 0.410 e. The normalized spacial score (nSPS) is 18.4. The van der Waals surface area contributed by atoms with Gasteiger partial charge in [0, 0.05) is 31.3 Å². The van der Waals surface area contributed by atoms with Crippen molar-refractivity contribution < 1.29 is 18.0 Å². The molecule has 1 aliphatic heterocycles. The van der Waals surface area contributed by atoms with Crippen molar-refractivity contribution in [1.29, 1.82) is 0 Å². The number of anilines is 1. The van der Waals surface area contributed by atoms with Crippen LogP contribution in [0.5, 0.6) is 0 Å². The number of hydrogen-bond acceptors (Lipinski definition) is 4. The van der Waals surface area contributed by atoms with Crippen molar-refractivity contribution in [3.05, 3.63) is 64.6 Å². The number of aromatic nitrogens is 4. The molecular weight excluding hydrogens is 409 g/mol. The lowest BCUT2D eigenvalue weighted by atomic mass is 9.96. The van der Waals surface area contributed by atoms with E-state index in [1.54, 1.807) is 35.0 Å². The van der Waals surface area contributed by atoms with Gasteiger partial charge in [-0.3, -0.25) is 9.48 Å². The monoisotopic (exact) mass is 432 g/mol. The van der Waals surface area contributed by atoms with Crippen molar-refractivity contribution in [3.63, 3.8) is 0 Å². The van der Waals surface area contributed by atoms with Gasteiger partial charge < -0.3 is 10.6 Å². The number of benzene rings is 1. The summed E-state index contributed by atoms with van der Waals surface area (Å²) in [4.78, 5) is 12.9. The van der Waals surface area contributed by atoms with Crippen molar-refractivity contribution >= 4 is 11.7 Å². The van der Waals surface area contributed by atoms with Gasteiger partial charge in [0.15, 0.2) is 6.04 Å². The Kier molecular flexibility index (Phi) is 5.24. The summed E-state index contributed by atoms with van der Waals surface area (Å²) in [7, 11) is 1.81. The van der Waals surface area contributed by atoms with Crippen molar-refractivity contribution in [3.8, 4) is 0 Å². The second kappa shape index (κ2) is 7.75. The maximum atomic E-state index is 13.8. The molecule has 1 amide bonds. The molecule has 31 heavy (non-hydrogen) atoms. The first-order chi connectivity index (χ1) is 14.7. The highest BCUT2D eigenvalue weighted by atomic mass is 19.4. The zero-order valence-electron chi connectivity index (χ0n) is 17.4. The second-order valence-electron chi connectivity index (χ2n) is 7.71. The molecule has 0 bridgehead atoms. The summed E-state index contributed by atoms with van der Waals surface area (Å²) in [5, 5.41) is 14.1. The van der Waals surface area contributed by atoms with Gasteiger partial charge >= 0.3 is 6.18 Å². The Hall–Kier alpha value is -3.30. The minimum Gasteiger partial charge on any atom is -0.363 e. The van der Waals surface area contributed by atoms with E-state index in [1.807, 2.05) is 20.9 Å². The number of rotatable bonds is 4. The molecule has 3 aromatic rings. The van der Waals surface area contributed by atoms with Gasteiger partial charge in [0.2, 0.25) is 0 Å². The fourth-order valence-electron chi connectivity index (χ4n) is 3.97. The predicted molar refractivity (Wildman–Crippen MR) is 109 cm³/mol. The van der Waals surface area contributed by atoms with Gasteiger partial charge in [-0.1, -0.05) is 30.3 Å². The summed E-state index contributed by atoms with van der Waals surface area (Å²) in [6.45, 7) is 3.96. The Morgan fingerprint density at radius 2 is 1.97 bits per heavy atom. The molecule has 164 valence electrons. The number of aryl methyl sites for hydroxylation is 2. The van der Waals surface area contributed by atoms with Gasteiger partial charge in [-0.2, -0.15) is 23.4 Å². The average Bonchev–Trinajstić information content (AvgIpc) is 3.26. The van der Waals surface area contributed by atoms with Crippen LogP contribution in [0.25, 0.3) is 0 Å². The van der Waals surface area contributed by atoms with Crippen LogP contribution in [-0.2, 0) is 13.6 Å². The summed E-state index contributed by atoms with van der Waals surface area (Å²) in [6.07, 6.45) is -3.52. The number of carbonyl (C=O) groups excluding carboxylic acids is 1. The second-order valence-corrected chi connectivity index (χ2v) is 7.71. The fraction of sp³-hybridized carbons (Fsp3) is 0.381. The summed E-state index contributed by atoms with van der Waals surface area (Å²) in [5.41, 5.74) is 3.37. The Morgan fingerprint density at radius 3 is 2.58 bits per heavy atom. The summed E-state index contributed by atoms with van der Waals surface area (Å²) in [6, 6.07) is 6.48. The third-order valence-electron chi connectivity index (χ3n) is 5.77. The number of halogens is 3. The Morgan fingerprint density at radius 1 is 1.26 bits per heavy atom. The molecule has 0 spiro atoms. The van der Waals surface area contributed by atoms with E-state index in [-0.39, 0.29) is 24.3 Å². The average molecular weight is 432 g/mol. The van der Waals surface area contributed by atoms with Gasteiger partial charge in [0.05, 0.1) is 17.9 Å². The molecule has 0 aliphatic carbocycles. The molecule has 0 radical (unpaired) electrons. The molecular formula is C21H23F3N6O. The lowest BCUT2D eigenvalue weighted by Gasteiger charge is -2.34. The first kappa shape index (κ1) is 21.0. The SMILES string of the molecule is Cc1nn(C)c(C)c1CNC(=O)c1cnn2c1N[C@H](c1ccccc1)C[C@@H]2C(F)(F)F. The van der Waals surface area contributed by atoms with Crippen LogP contribution in [0.3, 0.4) is 0 Å². The van der Waals surface area contributed by atoms with Crippen molar-refractivity contribution in [1.82, 2.24) is 24.9 Å². The summed E-state index contributed by atoms with van der Waals surface area (Å²) >= 11 is 0. The number of hydrogen-bond donors (Lipinski definition) is 2. The van der Waals surface area contributed by atoms with Crippen LogP contribution in [0.15, 0.2) is 36.5 Å². The Labute approximate surface area is 177 Å². The van der Waals surface area contributed by atoms with Gasteiger partial charge in [0.1, 0.15) is 11.4 Å². The molecule has 0 fully saturated rings. The van der Waals surface area contributed by atoms with E-state index in [1.165, 1.54) is 6.20 Å². The van der Waals surface area contributed by atoms with Crippen LogP contribution < -0.4 is 10.6 Å². The molecule has 1 aromatic carbocycles. The van der Waals surface area contributed by atoms with E-state index < -0.39 is 24.2 Å². The number of amides is 1. The molecule has 1 aliphatic rings. The molecule has 2 aromatic heterocycles. The standard InChI is InChI=1S/C21H23F3N6O/c1-12-15(13(2)29(3)28-12)10-25-20(31)16-11-26-30-18(21(22,23)24)9-17(27-19(16)30)14-7-5-4-6-8-14/h4-8,11,17-18,27H,9-10H2,1-3H3,(H,25,31)/t17-,18+/m0/s1. The zero-order chi connectivity index (χ0) is 22.3. The maximum absolute atomic E-state index is 13.8. The topological polar surface area (TPSA) is 76.8 Å².